The minimum Gasteiger partial charge on any atom is -0.337 e. The summed E-state index contributed by atoms with van der Waals surface area (Å²) >= 11 is 0. The van der Waals surface area contributed by atoms with Crippen molar-refractivity contribution in [3.63, 3.8) is 0 Å². The largest absolute Gasteiger partial charge is 0.337 e. The molecule has 0 radical (unpaired) electrons. The smallest absolute Gasteiger partial charge is 0.274 e. The van der Waals surface area contributed by atoms with Gasteiger partial charge in [-0.2, -0.15) is 0 Å². The van der Waals surface area contributed by atoms with Crippen molar-refractivity contribution in [2.75, 3.05) is 0 Å². The van der Waals surface area contributed by atoms with Gasteiger partial charge in [-0.05, 0) is 18.6 Å². The molecule has 4 nitrogen and oxygen atoms in total. The van der Waals surface area contributed by atoms with Crippen LogP contribution in [0.25, 0.3) is 10.9 Å². The van der Waals surface area contributed by atoms with Crippen molar-refractivity contribution in [2.45, 2.75) is 13.8 Å². The highest BCUT2D eigenvalue weighted by Gasteiger charge is 2.14. The van der Waals surface area contributed by atoms with E-state index >= 15 is 0 Å². The van der Waals surface area contributed by atoms with Gasteiger partial charge < -0.3 is 9.13 Å². The fourth-order valence-electron chi connectivity index (χ4n) is 2.09. The molecule has 0 saturated heterocycles. The molecule has 0 saturated carbocycles. The number of carbonyl (C=O) groups excluding carboxylic acids is 1. The molecule has 0 aromatic carbocycles. The normalized spacial score (nSPS) is 11.0. The molecule has 0 fully saturated rings. The molecule has 2 rings (SSSR count). The van der Waals surface area contributed by atoms with E-state index in [9.17, 15) is 9.59 Å². The summed E-state index contributed by atoms with van der Waals surface area (Å²) < 4.78 is 3.22. The van der Waals surface area contributed by atoms with E-state index in [1.807, 2.05) is 6.92 Å². The van der Waals surface area contributed by atoms with Gasteiger partial charge in [0.2, 0.25) is 0 Å². The van der Waals surface area contributed by atoms with Crippen molar-refractivity contribution >= 4 is 16.7 Å². The molecule has 0 atom stereocenters. The highest BCUT2D eigenvalue weighted by molar-refractivity contribution is 5.99. The van der Waals surface area contributed by atoms with Crippen molar-refractivity contribution < 1.29 is 4.79 Å². The maximum atomic E-state index is 12.0. The Morgan fingerprint density at radius 3 is 2.50 bits per heavy atom. The number of nitrogens with zero attached hydrogens (tertiary/aromatic N) is 2. The quantitative estimate of drug-likeness (QED) is 0.679. The predicted octanol–water partition coefficient (Wildman–Crippen LogP) is 1.39. The molecule has 0 aliphatic rings. The summed E-state index contributed by atoms with van der Waals surface area (Å²) in [5.74, 6) is -0.0276. The molecule has 0 N–H and O–H groups in total. The number of ketones is 1. The SMILES string of the molecule is CC(=O)c1cc2c(C)cn(C)c(=O)c2n1C. The van der Waals surface area contributed by atoms with E-state index in [0.717, 1.165) is 10.9 Å². The molecule has 0 spiro atoms. The van der Waals surface area contributed by atoms with E-state index in [2.05, 4.69) is 0 Å². The average Bonchev–Trinajstić information content (AvgIpc) is 2.53. The molecular formula is C12H14N2O2. The number of Topliss-reactive ketones (excluding diaryl/α,β-unsaturated/α-hetero) is 1. The van der Waals surface area contributed by atoms with Crippen LogP contribution in [0, 0.1) is 6.92 Å². The van der Waals surface area contributed by atoms with E-state index in [-0.39, 0.29) is 11.3 Å². The fraction of sp³-hybridized carbons (Fsp3) is 0.333. The second kappa shape index (κ2) is 3.33. The molecule has 4 heteroatoms. The van der Waals surface area contributed by atoms with E-state index in [1.165, 1.54) is 6.92 Å². The van der Waals surface area contributed by atoms with Crippen molar-refractivity contribution in [3.05, 3.63) is 33.9 Å². The minimum atomic E-state index is -0.0735. The molecule has 2 heterocycles. The third-order valence-electron chi connectivity index (χ3n) is 2.93. The fourth-order valence-corrected chi connectivity index (χ4v) is 2.09. The lowest BCUT2D eigenvalue weighted by Gasteiger charge is -2.03. The first-order valence-electron chi connectivity index (χ1n) is 5.10. The standard InChI is InChI=1S/C12H14N2O2/c1-7-6-13(3)12(16)11-9(7)5-10(8(2)15)14(11)4/h5-6H,1-4H3. The molecule has 84 valence electrons. The minimum absolute atomic E-state index is 0.0276. The second-order valence-corrected chi connectivity index (χ2v) is 4.14. The number of pyridine rings is 1. The van der Waals surface area contributed by atoms with Crippen LogP contribution in [-0.4, -0.2) is 14.9 Å². The number of hydrogen-bond acceptors (Lipinski definition) is 2. The van der Waals surface area contributed by atoms with Crippen molar-refractivity contribution in [3.8, 4) is 0 Å². The average molecular weight is 218 g/mol. The van der Waals surface area contributed by atoms with E-state index in [0.29, 0.717) is 11.2 Å². The van der Waals surface area contributed by atoms with Gasteiger partial charge in [0.1, 0.15) is 5.52 Å². The van der Waals surface area contributed by atoms with Crippen LogP contribution in [0.1, 0.15) is 23.0 Å². The molecule has 0 bridgehead atoms. The van der Waals surface area contributed by atoms with Gasteiger partial charge >= 0.3 is 0 Å². The predicted molar refractivity (Wildman–Crippen MR) is 62.9 cm³/mol. The van der Waals surface area contributed by atoms with Crippen molar-refractivity contribution in [2.24, 2.45) is 14.1 Å². The molecule has 0 aliphatic carbocycles. The zero-order valence-electron chi connectivity index (χ0n) is 9.87. The van der Waals surface area contributed by atoms with Gasteiger partial charge in [-0.15, -0.1) is 0 Å². The summed E-state index contributed by atoms with van der Waals surface area (Å²) in [5, 5.41) is 0.857. The van der Waals surface area contributed by atoms with Crippen LogP contribution in [0.4, 0.5) is 0 Å². The van der Waals surface area contributed by atoms with Crippen LogP contribution in [-0.2, 0) is 14.1 Å². The first-order valence-corrected chi connectivity index (χ1v) is 5.10. The van der Waals surface area contributed by atoms with Gasteiger partial charge in [0.15, 0.2) is 5.78 Å². The van der Waals surface area contributed by atoms with E-state index < -0.39 is 0 Å². The van der Waals surface area contributed by atoms with Gasteiger partial charge in [0, 0.05) is 32.6 Å². The van der Waals surface area contributed by atoms with Crippen LogP contribution in [0.5, 0.6) is 0 Å². The Morgan fingerprint density at radius 2 is 1.94 bits per heavy atom. The Bertz CT molecular complexity index is 647. The Morgan fingerprint density at radius 1 is 1.31 bits per heavy atom. The third-order valence-corrected chi connectivity index (χ3v) is 2.93. The topological polar surface area (TPSA) is 44.0 Å². The first-order chi connectivity index (χ1) is 7.43. The van der Waals surface area contributed by atoms with Crippen LogP contribution in [0.15, 0.2) is 17.1 Å². The van der Waals surface area contributed by atoms with Gasteiger partial charge in [-0.1, -0.05) is 0 Å². The summed E-state index contributed by atoms with van der Waals surface area (Å²) in [6, 6.07) is 1.79. The summed E-state index contributed by atoms with van der Waals surface area (Å²) in [4.78, 5) is 23.4. The van der Waals surface area contributed by atoms with Crippen LogP contribution in [0.2, 0.25) is 0 Å². The zero-order valence-corrected chi connectivity index (χ0v) is 9.87. The number of aryl methyl sites for hydroxylation is 3. The van der Waals surface area contributed by atoms with Gasteiger partial charge in [-0.25, -0.2) is 0 Å². The van der Waals surface area contributed by atoms with Crippen LogP contribution < -0.4 is 5.56 Å². The summed E-state index contributed by atoms with van der Waals surface area (Å²) in [7, 11) is 3.47. The monoisotopic (exact) mass is 218 g/mol. The Kier molecular flexibility index (Phi) is 2.22. The number of hydrogen-bond donors (Lipinski definition) is 0. The molecule has 0 amide bonds. The summed E-state index contributed by atoms with van der Waals surface area (Å²) in [6.45, 7) is 3.44. The third kappa shape index (κ3) is 1.30. The Labute approximate surface area is 93.1 Å². The van der Waals surface area contributed by atoms with Crippen molar-refractivity contribution in [1.29, 1.82) is 0 Å². The van der Waals surface area contributed by atoms with Crippen LogP contribution >= 0.6 is 0 Å². The molecule has 2 aromatic heterocycles. The number of aromatic nitrogens is 2. The molecule has 16 heavy (non-hydrogen) atoms. The Hall–Kier alpha value is -1.84. The first kappa shape index (κ1) is 10.7. The molecule has 0 aliphatic heterocycles. The maximum Gasteiger partial charge on any atom is 0.274 e. The number of rotatable bonds is 1. The van der Waals surface area contributed by atoms with E-state index in [1.54, 1.807) is 35.5 Å². The molecule has 2 aromatic rings. The maximum absolute atomic E-state index is 12.0. The number of carbonyl (C=O) groups is 1. The highest BCUT2D eigenvalue weighted by atomic mass is 16.1. The van der Waals surface area contributed by atoms with Gasteiger partial charge in [-0.3, -0.25) is 9.59 Å². The summed E-state index contributed by atoms with van der Waals surface area (Å²) in [6.07, 6.45) is 1.79. The zero-order chi connectivity index (χ0) is 12.0. The summed E-state index contributed by atoms with van der Waals surface area (Å²) in [5.41, 5.74) is 2.09. The van der Waals surface area contributed by atoms with Gasteiger partial charge in [0.25, 0.3) is 5.56 Å². The van der Waals surface area contributed by atoms with Crippen LogP contribution in [0.3, 0.4) is 0 Å². The highest BCUT2D eigenvalue weighted by Crippen LogP contribution is 2.19. The lowest BCUT2D eigenvalue weighted by Crippen LogP contribution is -2.19. The van der Waals surface area contributed by atoms with Crippen molar-refractivity contribution in [1.82, 2.24) is 9.13 Å². The number of fused-ring (bicyclic) bond motifs is 1. The Balaban J connectivity index is 3.03. The van der Waals surface area contributed by atoms with Gasteiger partial charge in [0.05, 0.1) is 5.69 Å². The second-order valence-electron chi connectivity index (χ2n) is 4.14. The molecule has 0 unspecified atom stereocenters. The molecular weight excluding hydrogens is 204 g/mol. The lowest BCUT2D eigenvalue weighted by molar-refractivity contribution is 0.101. The lowest BCUT2D eigenvalue weighted by atomic mass is 10.2. The van der Waals surface area contributed by atoms with E-state index in [4.69, 9.17) is 0 Å².